The lowest BCUT2D eigenvalue weighted by Crippen LogP contribution is -2.40. The van der Waals surface area contributed by atoms with E-state index in [9.17, 15) is 14.4 Å². The zero-order valence-electron chi connectivity index (χ0n) is 14.3. The highest BCUT2D eigenvalue weighted by atomic mass is 79.9. The molecule has 0 aromatic heterocycles. The number of carbonyl (C=O) groups excluding carboxylic acids is 3. The van der Waals surface area contributed by atoms with Gasteiger partial charge in [0, 0.05) is 28.7 Å². The van der Waals surface area contributed by atoms with Crippen molar-refractivity contribution in [1.29, 1.82) is 0 Å². The van der Waals surface area contributed by atoms with E-state index in [4.69, 9.17) is 0 Å². The van der Waals surface area contributed by atoms with E-state index in [2.05, 4.69) is 31.7 Å². The smallest absolute Gasteiger partial charge is 0.271 e. The first-order valence-corrected chi connectivity index (χ1v) is 9.10. The number of rotatable bonds is 5. The molecule has 0 fully saturated rings. The van der Waals surface area contributed by atoms with Gasteiger partial charge in [-0.15, -0.1) is 0 Å². The lowest BCUT2D eigenvalue weighted by atomic mass is 10.1. The van der Waals surface area contributed by atoms with Gasteiger partial charge in [0.1, 0.15) is 12.3 Å². The van der Waals surface area contributed by atoms with Crippen LogP contribution in [0, 0.1) is 0 Å². The Kier molecular flexibility index (Phi) is 5.97. The van der Waals surface area contributed by atoms with Crippen molar-refractivity contribution in [3.8, 4) is 0 Å². The van der Waals surface area contributed by atoms with E-state index in [0.717, 1.165) is 9.48 Å². The fourth-order valence-electron chi connectivity index (χ4n) is 2.48. The van der Waals surface area contributed by atoms with Crippen molar-refractivity contribution in [2.75, 3.05) is 17.2 Å². The molecule has 0 aliphatic carbocycles. The highest BCUT2D eigenvalue weighted by Crippen LogP contribution is 2.15. The largest absolute Gasteiger partial charge is 0.324 e. The van der Waals surface area contributed by atoms with Crippen LogP contribution < -0.4 is 10.6 Å². The van der Waals surface area contributed by atoms with Crippen LogP contribution in [-0.4, -0.2) is 35.0 Å². The number of halogens is 1. The van der Waals surface area contributed by atoms with Crippen molar-refractivity contribution in [2.24, 2.45) is 5.10 Å². The monoisotopic (exact) mass is 428 g/mol. The first-order valence-electron chi connectivity index (χ1n) is 8.31. The van der Waals surface area contributed by atoms with Crippen LogP contribution in [0.2, 0.25) is 0 Å². The van der Waals surface area contributed by atoms with Crippen molar-refractivity contribution in [1.82, 2.24) is 5.01 Å². The summed E-state index contributed by atoms with van der Waals surface area (Å²) in [6.07, 6.45) is 0.370. The SMILES string of the molecule is O=C(CN1N=C(C(=O)Nc2ccccc2)CCC1=O)Nc1ccc(Br)cc1. The minimum Gasteiger partial charge on any atom is -0.324 e. The molecule has 2 aromatic carbocycles. The average Bonchev–Trinajstić information content (AvgIpc) is 2.66. The molecule has 8 heteroatoms. The van der Waals surface area contributed by atoms with Crippen LogP contribution in [0.5, 0.6) is 0 Å². The molecule has 0 bridgehead atoms. The Morgan fingerprint density at radius 1 is 0.963 bits per heavy atom. The molecule has 2 aromatic rings. The molecule has 0 radical (unpaired) electrons. The van der Waals surface area contributed by atoms with Gasteiger partial charge in [-0.25, -0.2) is 5.01 Å². The van der Waals surface area contributed by atoms with Gasteiger partial charge < -0.3 is 10.6 Å². The molecule has 0 atom stereocenters. The summed E-state index contributed by atoms with van der Waals surface area (Å²) in [5, 5.41) is 10.5. The quantitative estimate of drug-likeness (QED) is 0.766. The predicted octanol–water partition coefficient (Wildman–Crippen LogP) is 3.00. The Morgan fingerprint density at radius 2 is 1.63 bits per heavy atom. The van der Waals surface area contributed by atoms with Crippen molar-refractivity contribution in [2.45, 2.75) is 12.8 Å². The van der Waals surface area contributed by atoms with Gasteiger partial charge in [0.2, 0.25) is 11.8 Å². The van der Waals surface area contributed by atoms with Gasteiger partial charge >= 0.3 is 0 Å². The van der Waals surface area contributed by atoms with Gasteiger partial charge in [0.25, 0.3) is 5.91 Å². The predicted molar refractivity (Wildman–Crippen MR) is 106 cm³/mol. The molecular weight excluding hydrogens is 412 g/mol. The van der Waals surface area contributed by atoms with Gasteiger partial charge in [0.05, 0.1) is 0 Å². The molecule has 0 saturated carbocycles. The van der Waals surface area contributed by atoms with Crippen LogP contribution in [0.3, 0.4) is 0 Å². The first-order chi connectivity index (χ1) is 13.0. The zero-order valence-corrected chi connectivity index (χ0v) is 15.9. The number of hydrazone groups is 1. The number of hydrogen-bond acceptors (Lipinski definition) is 4. The Balaban J connectivity index is 1.64. The van der Waals surface area contributed by atoms with Crippen LogP contribution in [0.15, 0.2) is 64.2 Å². The molecule has 138 valence electrons. The third kappa shape index (κ3) is 5.24. The summed E-state index contributed by atoms with van der Waals surface area (Å²) in [7, 11) is 0. The summed E-state index contributed by atoms with van der Waals surface area (Å²) in [5.74, 6) is -1.07. The van der Waals surface area contributed by atoms with Gasteiger partial charge in [0.15, 0.2) is 0 Å². The number of nitrogens with one attached hydrogen (secondary N) is 2. The van der Waals surface area contributed by atoms with E-state index < -0.39 is 0 Å². The number of amides is 3. The second kappa shape index (κ2) is 8.59. The Hall–Kier alpha value is -3.00. The van der Waals surface area contributed by atoms with E-state index in [1.165, 1.54) is 0 Å². The van der Waals surface area contributed by atoms with Crippen molar-refractivity contribution < 1.29 is 14.4 Å². The summed E-state index contributed by atoms with van der Waals surface area (Å²) >= 11 is 3.32. The Bertz CT molecular complexity index is 882. The third-order valence-corrected chi connectivity index (χ3v) is 4.35. The molecule has 0 saturated heterocycles. The summed E-state index contributed by atoms with van der Waals surface area (Å²) in [6, 6.07) is 16.0. The number of benzene rings is 2. The number of hydrogen-bond donors (Lipinski definition) is 2. The van der Waals surface area contributed by atoms with Crippen LogP contribution in [0.25, 0.3) is 0 Å². The van der Waals surface area contributed by atoms with Crippen LogP contribution in [0.4, 0.5) is 11.4 Å². The topological polar surface area (TPSA) is 90.9 Å². The van der Waals surface area contributed by atoms with Gasteiger partial charge in [-0.1, -0.05) is 34.1 Å². The number of anilines is 2. The van der Waals surface area contributed by atoms with E-state index in [1.807, 2.05) is 6.07 Å². The molecule has 1 aliphatic rings. The molecule has 7 nitrogen and oxygen atoms in total. The summed E-state index contributed by atoms with van der Waals surface area (Å²) in [5.41, 5.74) is 1.47. The summed E-state index contributed by atoms with van der Waals surface area (Å²) in [6.45, 7) is -0.253. The standard InChI is InChI=1S/C19H17BrN4O3/c20-13-6-8-15(9-7-13)21-17(25)12-24-18(26)11-10-16(23-24)19(27)22-14-4-2-1-3-5-14/h1-9H,10-12H2,(H,21,25)(H,22,27). The van der Waals surface area contributed by atoms with E-state index >= 15 is 0 Å². The molecule has 2 N–H and O–H groups in total. The number of carbonyl (C=O) groups is 3. The minimum absolute atomic E-state index is 0.132. The van der Waals surface area contributed by atoms with Crippen molar-refractivity contribution >= 4 is 50.7 Å². The normalized spacial score (nSPS) is 13.7. The van der Waals surface area contributed by atoms with Crippen molar-refractivity contribution in [3.63, 3.8) is 0 Å². The van der Waals surface area contributed by atoms with Crippen LogP contribution in [-0.2, 0) is 14.4 Å². The summed E-state index contributed by atoms with van der Waals surface area (Å²) in [4.78, 5) is 36.6. The molecule has 0 unspecified atom stereocenters. The zero-order chi connectivity index (χ0) is 19.2. The number of nitrogens with zero attached hydrogens (tertiary/aromatic N) is 2. The highest BCUT2D eigenvalue weighted by Gasteiger charge is 2.26. The lowest BCUT2D eigenvalue weighted by molar-refractivity contribution is -0.135. The van der Waals surface area contributed by atoms with E-state index in [-0.39, 0.29) is 42.8 Å². The maximum absolute atomic E-state index is 12.3. The molecule has 27 heavy (non-hydrogen) atoms. The fourth-order valence-corrected chi connectivity index (χ4v) is 2.75. The lowest BCUT2D eigenvalue weighted by Gasteiger charge is -2.22. The van der Waals surface area contributed by atoms with Crippen LogP contribution in [0.1, 0.15) is 12.8 Å². The highest BCUT2D eigenvalue weighted by molar-refractivity contribution is 9.10. The third-order valence-electron chi connectivity index (χ3n) is 3.82. The summed E-state index contributed by atoms with van der Waals surface area (Å²) < 4.78 is 0.894. The minimum atomic E-state index is -0.390. The molecule has 0 spiro atoms. The van der Waals surface area contributed by atoms with Gasteiger partial charge in [-0.3, -0.25) is 14.4 Å². The average molecular weight is 429 g/mol. The second-order valence-electron chi connectivity index (χ2n) is 5.87. The van der Waals surface area contributed by atoms with Gasteiger partial charge in [-0.05, 0) is 36.4 Å². The first kappa shape index (κ1) is 18.8. The second-order valence-corrected chi connectivity index (χ2v) is 6.79. The molecular formula is C19H17BrN4O3. The number of para-hydroxylation sites is 1. The van der Waals surface area contributed by atoms with E-state index in [1.54, 1.807) is 48.5 Å². The maximum atomic E-state index is 12.3. The Labute approximate surface area is 164 Å². The van der Waals surface area contributed by atoms with Gasteiger partial charge in [-0.2, -0.15) is 5.10 Å². The molecule has 1 heterocycles. The van der Waals surface area contributed by atoms with Crippen LogP contribution >= 0.6 is 15.9 Å². The molecule has 1 aliphatic heterocycles. The fraction of sp³-hybridized carbons (Fsp3) is 0.158. The van der Waals surface area contributed by atoms with Crippen molar-refractivity contribution in [3.05, 3.63) is 59.1 Å². The Morgan fingerprint density at radius 3 is 2.33 bits per heavy atom. The molecule has 3 rings (SSSR count). The maximum Gasteiger partial charge on any atom is 0.271 e. The van der Waals surface area contributed by atoms with E-state index in [0.29, 0.717) is 11.4 Å². The molecule has 3 amide bonds.